The smallest absolute Gasteiger partial charge is 0.269 e. The lowest BCUT2D eigenvalue weighted by atomic mass is 9.86. The maximum atomic E-state index is 12.6. The minimum Gasteiger partial charge on any atom is -0.352 e. The molecule has 0 aliphatic carbocycles. The molecular formula is C27H30N4O3. The van der Waals surface area contributed by atoms with Crippen molar-refractivity contribution < 1.29 is 9.72 Å². The number of nitrogens with one attached hydrogen (secondary N) is 2. The van der Waals surface area contributed by atoms with Crippen LogP contribution in [-0.4, -0.2) is 48.1 Å². The number of rotatable bonds is 8. The van der Waals surface area contributed by atoms with E-state index >= 15 is 0 Å². The number of carbonyl (C=O) groups is 1. The zero-order valence-corrected chi connectivity index (χ0v) is 19.2. The Morgan fingerprint density at radius 3 is 2.00 bits per heavy atom. The normalized spacial score (nSPS) is 20.7. The van der Waals surface area contributed by atoms with Gasteiger partial charge in [0.25, 0.3) is 12.1 Å². The molecule has 1 fully saturated rings. The predicted octanol–water partition coefficient (Wildman–Crippen LogP) is 3.72. The first-order valence-corrected chi connectivity index (χ1v) is 11.6. The van der Waals surface area contributed by atoms with Crippen molar-refractivity contribution in [3.05, 3.63) is 118 Å². The molecule has 2 N–H and O–H groups in total. The Labute approximate surface area is 199 Å². The highest BCUT2D eigenvalue weighted by Gasteiger charge is 2.45. The topological polar surface area (TPSA) is 87.5 Å². The Hall–Kier alpha value is -3.55. The first-order valence-electron chi connectivity index (χ1n) is 11.6. The van der Waals surface area contributed by atoms with Gasteiger partial charge in [0.2, 0.25) is 0 Å². The van der Waals surface area contributed by atoms with Gasteiger partial charge in [-0.25, -0.2) is 4.90 Å². The van der Waals surface area contributed by atoms with Crippen molar-refractivity contribution in [2.75, 3.05) is 20.1 Å². The molecule has 3 unspecified atom stereocenters. The molecule has 0 radical (unpaired) electrons. The van der Waals surface area contributed by atoms with Gasteiger partial charge in [0, 0.05) is 42.0 Å². The number of likely N-dealkylation sites (N-methyl/N-ethyl adjacent to an activating group) is 1. The average Bonchev–Trinajstić information content (AvgIpc) is 2.89. The third-order valence-corrected chi connectivity index (χ3v) is 6.61. The van der Waals surface area contributed by atoms with Gasteiger partial charge in [-0.05, 0) is 30.3 Å². The third-order valence-electron chi connectivity index (χ3n) is 6.61. The molecule has 176 valence electrons. The van der Waals surface area contributed by atoms with E-state index in [1.54, 1.807) is 12.1 Å². The van der Waals surface area contributed by atoms with Crippen molar-refractivity contribution in [1.82, 2.24) is 15.5 Å². The summed E-state index contributed by atoms with van der Waals surface area (Å²) in [6, 6.07) is 28.6. The van der Waals surface area contributed by atoms with Crippen LogP contribution in [0.1, 0.15) is 33.9 Å². The fraction of sp³-hybridized carbons (Fsp3) is 0.296. The fourth-order valence-corrected chi connectivity index (χ4v) is 4.87. The molecule has 0 bridgehead atoms. The van der Waals surface area contributed by atoms with Gasteiger partial charge in [-0.1, -0.05) is 78.9 Å². The lowest BCUT2D eigenvalue weighted by Crippen LogP contribution is -2.59. The van der Waals surface area contributed by atoms with Crippen molar-refractivity contribution in [3.8, 4) is 0 Å². The second-order valence-electron chi connectivity index (χ2n) is 8.65. The number of nitrogens with zero attached hydrogens (tertiary/aromatic N) is 2. The lowest BCUT2D eigenvalue weighted by molar-refractivity contribution is -0.558. The molecular weight excluding hydrogens is 428 g/mol. The van der Waals surface area contributed by atoms with E-state index in [4.69, 9.17) is 0 Å². The number of piperidine rings is 1. The van der Waals surface area contributed by atoms with Crippen LogP contribution < -0.4 is 10.6 Å². The Morgan fingerprint density at radius 1 is 0.971 bits per heavy atom. The predicted molar refractivity (Wildman–Crippen MR) is 132 cm³/mol. The van der Waals surface area contributed by atoms with Gasteiger partial charge in [-0.2, -0.15) is 0 Å². The fourth-order valence-electron chi connectivity index (χ4n) is 4.87. The second-order valence-corrected chi connectivity index (χ2v) is 8.65. The van der Waals surface area contributed by atoms with Gasteiger partial charge in [-0.3, -0.25) is 14.9 Å². The summed E-state index contributed by atoms with van der Waals surface area (Å²) in [5.74, 6) is -0.238. The number of nitro groups is 1. The summed E-state index contributed by atoms with van der Waals surface area (Å²) < 4.78 is 0. The van der Waals surface area contributed by atoms with Crippen molar-refractivity contribution in [1.29, 1.82) is 0 Å². The number of carbonyl (C=O) groups excluding carboxylic acids is 1. The SMILES string of the molecule is CNC1CN(C(c2ccccc2)c2ccccc2)C([N+](=O)[O-])CC1CNC(=O)c1ccccc1. The summed E-state index contributed by atoms with van der Waals surface area (Å²) in [4.78, 5) is 26.7. The molecule has 0 saturated carbocycles. The zero-order chi connectivity index (χ0) is 23.9. The summed E-state index contributed by atoms with van der Waals surface area (Å²) in [6.07, 6.45) is -0.530. The van der Waals surface area contributed by atoms with Crippen LogP contribution >= 0.6 is 0 Å². The van der Waals surface area contributed by atoms with Crippen molar-refractivity contribution >= 4 is 5.91 Å². The Kier molecular flexibility index (Phi) is 7.67. The molecule has 4 rings (SSSR count). The van der Waals surface area contributed by atoms with Gasteiger partial charge < -0.3 is 10.6 Å². The van der Waals surface area contributed by atoms with Gasteiger partial charge in [0.05, 0.1) is 6.04 Å². The minimum atomic E-state index is -0.867. The number of benzene rings is 3. The highest BCUT2D eigenvalue weighted by molar-refractivity contribution is 5.94. The van der Waals surface area contributed by atoms with E-state index in [0.29, 0.717) is 25.1 Å². The van der Waals surface area contributed by atoms with Crippen molar-refractivity contribution in [3.63, 3.8) is 0 Å². The molecule has 1 aliphatic rings. The van der Waals surface area contributed by atoms with E-state index in [1.807, 2.05) is 90.8 Å². The molecule has 1 aliphatic heterocycles. The molecule has 7 nitrogen and oxygen atoms in total. The van der Waals surface area contributed by atoms with Crippen LogP contribution in [0.5, 0.6) is 0 Å². The van der Waals surface area contributed by atoms with Crippen LogP contribution in [0.25, 0.3) is 0 Å². The molecule has 3 atom stereocenters. The maximum absolute atomic E-state index is 12.6. The highest BCUT2D eigenvalue weighted by atomic mass is 16.6. The standard InChI is InChI=1S/C27H30N4O3/c1-28-24-19-30(26(20-11-5-2-6-12-20)21-13-7-3-8-14-21)25(31(33)34)17-23(24)18-29-27(32)22-15-9-4-10-16-22/h2-16,23-26,28H,17-19H2,1H3,(H,29,32). The minimum absolute atomic E-state index is 0.0119. The van der Waals surface area contributed by atoms with Crippen LogP contribution in [-0.2, 0) is 0 Å². The highest BCUT2D eigenvalue weighted by Crippen LogP contribution is 2.36. The quantitative estimate of drug-likeness (QED) is 0.397. The number of likely N-dealkylation sites (tertiary alicyclic amines) is 1. The van der Waals surface area contributed by atoms with E-state index in [9.17, 15) is 14.9 Å². The summed E-state index contributed by atoms with van der Waals surface area (Å²) in [5, 5.41) is 18.6. The lowest BCUT2D eigenvalue weighted by Gasteiger charge is -2.43. The van der Waals surface area contributed by atoms with Crippen LogP contribution in [0.3, 0.4) is 0 Å². The molecule has 3 aromatic rings. The van der Waals surface area contributed by atoms with E-state index in [-0.39, 0.29) is 28.8 Å². The average molecular weight is 459 g/mol. The first-order chi connectivity index (χ1) is 16.6. The van der Waals surface area contributed by atoms with E-state index in [2.05, 4.69) is 10.6 Å². The second kappa shape index (κ2) is 11.0. The van der Waals surface area contributed by atoms with Gasteiger partial charge in [0.15, 0.2) is 0 Å². The molecule has 3 aromatic carbocycles. The van der Waals surface area contributed by atoms with E-state index < -0.39 is 6.17 Å². The van der Waals surface area contributed by atoms with Crippen LogP contribution in [0.15, 0.2) is 91.0 Å². The van der Waals surface area contributed by atoms with E-state index in [0.717, 1.165) is 11.1 Å². The summed E-state index contributed by atoms with van der Waals surface area (Å²) in [5.41, 5.74) is 2.62. The molecule has 1 amide bonds. The number of hydrogen-bond donors (Lipinski definition) is 2. The van der Waals surface area contributed by atoms with Gasteiger partial charge in [0.1, 0.15) is 0 Å². The Balaban J connectivity index is 1.59. The Bertz CT molecular complexity index is 1040. The molecule has 7 heteroatoms. The van der Waals surface area contributed by atoms with Crippen LogP contribution in [0, 0.1) is 16.0 Å². The van der Waals surface area contributed by atoms with Gasteiger partial charge >= 0.3 is 0 Å². The zero-order valence-electron chi connectivity index (χ0n) is 19.2. The molecule has 1 heterocycles. The molecule has 0 spiro atoms. The summed E-state index contributed by atoms with van der Waals surface area (Å²) >= 11 is 0. The Morgan fingerprint density at radius 2 is 1.50 bits per heavy atom. The monoisotopic (exact) mass is 458 g/mol. The van der Waals surface area contributed by atoms with Crippen LogP contribution in [0.4, 0.5) is 0 Å². The number of amides is 1. The molecule has 0 aromatic heterocycles. The first kappa shape index (κ1) is 23.6. The third kappa shape index (κ3) is 5.32. The van der Waals surface area contributed by atoms with Crippen LogP contribution in [0.2, 0.25) is 0 Å². The van der Waals surface area contributed by atoms with E-state index in [1.165, 1.54) is 0 Å². The summed E-state index contributed by atoms with van der Waals surface area (Å²) in [7, 11) is 1.88. The molecule has 34 heavy (non-hydrogen) atoms. The number of hydrogen-bond acceptors (Lipinski definition) is 5. The van der Waals surface area contributed by atoms with Crippen molar-refractivity contribution in [2.45, 2.75) is 24.7 Å². The largest absolute Gasteiger partial charge is 0.352 e. The summed E-state index contributed by atoms with van der Waals surface area (Å²) in [6.45, 7) is 0.862. The van der Waals surface area contributed by atoms with Crippen molar-refractivity contribution in [2.24, 2.45) is 5.92 Å². The molecule has 1 saturated heterocycles. The van der Waals surface area contributed by atoms with Gasteiger partial charge in [-0.15, -0.1) is 0 Å². The maximum Gasteiger partial charge on any atom is 0.269 e.